The van der Waals surface area contributed by atoms with Crippen molar-refractivity contribution in [2.75, 3.05) is 33.2 Å². The summed E-state index contributed by atoms with van der Waals surface area (Å²) in [6.07, 6.45) is 3.21. The van der Waals surface area contributed by atoms with Crippen LogP contribution in [-0.2, 0) is 0 Å². The second-order valence-corrected chi connectivity index (χ2v) is 4.47. The third kappa shape index (κ3) is 4.72. The van der Waals surface area contributed by atoms with E-state index in [1.165, 1.54) is 0 Å². The number of piperidine rings is 1. The summed E-state index contributed by atoms with van der Waals surface area (Å²) < 4.78 is 0. The fourth-order valence-corrected chi connectivity index (χ4v) is 2.15. The van der Waals surface area contributed by atoms with E-state index >= 15 is 0 Å². The zero-order valence-electron chi connectivity index (χ0n) is 11.2. The minimum atomic E-state index is 0. The van der Waals surface area contributed by atoms with Gasteiger partial charge >= 0.3 is 6.03 Å². The van der Waals surface area contributed by atoms with Gasteiger partial charge in [-0.1, -0.05) is 6.92 Å². The van der Waals surface area contributed by atoms with Crippen LogP contribution in [0.2, 0.25) is 0 Å². The molecule has 0 radical (unpaired) electrons. The molecule has 0 aromatic carbocycles. The molecule has 1 N–H and O–H groups in total. The van der Waals surface area contributed by atoms with Crippen LogP contribution in [0.4, 0.5) is 4.79 Å². The summed E-state index contributed by atoms with van der Waals surface area (Å²) >= 11 is 0. The van der Waals surface area contributed by atoms with Gasteiger partial charge in [0.25, 0.3) is 0 Å². The second kappa shape index (κ2) is 8.59. The standard InChI is InChI=1S/C12H25N3O.ClH/c1-4-10-15(12(16)14(3)5-2)11-6-8-13-9-7-11;/h11,13H,4-10H2,1-3H3;1H. The van der Waals surface area contributed by atoms with Crippen molar-refractivity contribution in [3.05, 3.63) is 0 Å². The number of urea groups is 1. The Labute approximate surface area is 111 Å². The van der Waals surface area contributed by atoms with Gasteiger partial charge < -0.3 is 15.1 Å². The Morgan fingerprint density at radius 1 is 1.29 bits per heavy atom. The van der Waals surface area contributed by atoms with E-state index in [0.717, 1.165) is 45.4 Å². The molecule has 0 aliphatic carbocycles. The molecule has 1 heterocycles. The molecule has 1 fully saturated rings. The number of nitrogens with one attached hydrogen (secondary N) is 1. The van der Waals surface area contributed by atoms with Crippen LogP contribution < -0.4 is 5.32 Å². The summed E-state index contributed by atoms with van der Waals surface area (Å²) in [7, 11) is 1.88. The molecule has 0 bridgehead atoms. The molecule has 1 aliphatic rings. The molecule has 0 saturated carbocycles. The predicted molar refractivity (Wildman–Crippen MR) is 73.8 cm³/mol. The van der Waals surface area contributed by atoms with E-state index in [4.69, 9.17) is 0 Å². The van der Waals surface area contributed by atoms with Crippen LogP contribution in [0.5, 0.6) is 0 Å². The van der Waals surface area contributed by atoms with E-state index < -0.39 is 0 Å². The zero-order valence-corrected chi connectivity index (χ0v) is 12.1. The first-order valence-electron chi connectivity index (χ1n) is 6.43. The van der Waals surface area contributed by atoms with Gasteiger partial charge in [-0.05, 0) is 39.3 Å². The molecule has 0 aromatic heterocycles. The molecule has 102 valence electrons. The van der Waals surface area contributed by atoms with E-state index in [2.05, 4.69) is 17.1 Å². The molecule has 0 spiro atoms. The van der Waals surface area contributed by atoms with Crippen molar-refractivity contribution in [1.29, 1.82) is 0 Å². The first kappa shape index (κ1) is 16.5. The van der Waals surface area contributed by atoms with Crippen LogP contribution in [0.15, 0.2) is 0 Å². The second-order valence-electron chi connectivity index (χ2n) is 4.47. The zero-order chi connectivity index (χ0) is 12.0. The SMILES string of the molecule is CCCN(C(=O)N(C)CC)C1CCNCC1.Cl. The molecular weight excluding hydrogens is 238 g/mol. The van der Waals surface area contributed by atoms with Gasteiger partial charge in [0, 0.05) is 26.2 Å². The average molecular weight is 264 g/mol. The highest BCUT2D eigenvalue weighted by atomic mass is 35.5. The number of amides is 2. The molecule has 0 atom stereocenters. The number of rotatable bonds is 4. The predicted octanol–water partition coefficient (Wildman–Crippen LogP) is 1.94. The fourth-order valence-electron chi connectivity index (χ4n) is 2.15. The molecule has 0 aromatic rings. The maximum atomic E-state index is 12.2. The van der Waals surface area contributed by atoms with Crippen LogP contribution in [0.1, 0.15) is 33.1 Å². The van der Waals surface area contributed by atoms with Crippen molar-refractivity contribution in [3.63, 3.8) is 0 Å². The van der Waals surface area contributed by atoms with Crippen molar-refractivity contribution in [3.8, 4) is 0 Å². The molecule has 0 unspecified atom stereocenters. The van der Waals surface area contributed by atoms with Gasteiger partial charge in [0.15, 0.2) is 0 Å². The molecule has 1 aliphatic heterocycles. The third-order valence-electron chi connectivity index (χ3n) is 3.26. The molecular formula is C12H26ClN3O. The normalized spacial score (nSPS) is 16.2. The van der Waals surface area contributed by atoms with Gasteiger partial charge in [0.05, 0.1) is 0 Å². The molecule has 17 heavy (non-hydrogen) atoms. The summed E-state index contributed by atoms with van der Waals surface area (Å²) in [4.78, 5) is 16.1. The number of hydrogen-bond donors (Lipinski definition) is 1. The minimum absolute atomic E-state index is 0. The maximum Gasteiger partial charge on any atom is 0.319 e. The lowest BCUT2D eigenvalue weighted by molar-refractivity contribution is 0.131. The number of carbonyl (C=O) groups excluding carboxylic acids is 1. The smallest absolute Gasteiger partial charge is 0.319 e. The minimum Gasteiger partial charge on any atom is -0.328 e. The molecule has 1 saturated heterocycles. The van der Waals surface area contributed by atoms with Crippen molar-refractivity contribution in [2.45, 2.75) is 39.2 Å². The first-order chi connectivity index (χ1) is 7.70. The Morgan fingerprint density at radius 2 is 1.88 bits per heavy atom. The molecule has 4 nitrogen and oxygen atoms in total. The fraction of sp³-hybridized carbons (Fsp3) is 0.917. The molecule has 5 heteroatoms. The Kier molecular flexibility index (Phi) is 8.35. The van der Waals surface area contributed by atoms with Gasteiger partial charge in [-0.3, -0.25) is 0 Å². The number of nitrogens with zero attached hydrogens (tertiary/aromatic N) is 2. The highest BCUT2D eigenvalue weighted by Gasteiger charge is 2.25. The Morgan fingerprint density at radius 3 is 2.35 bits per heavy atom. The largest absolute Gasteiger partial charge is 0.328 e. The topological polar surface area (TPSA) is 35.6 Å². The highest BCUT2D eigenvalue weighted by Crippen LogP contribution is 2.14. The lowest BCUT2D eigenvalue weighted by atomic mass is 10.0. The summed E-state index contributed by atoms with van der Waals surface area (Å²) in [5, 5.41) is 3.34. The van der Waals surface area contributed by atoms with E-state index in [1.807, 2.05) is 14.0 Å². The van der Waals surface area contributed by atoms with Crippen LogP contribution in [0.3, 0.4) is 0 Å². The third-order valence-corrected chi connectivity index (χ3v) is 3.26. The van der Waals surface area contributed by atoms with Crippen molar-refractivity contribution >= 4 is 18.4 Å². The van der Waals surface area contributed by atoms with Gasteiger partial charge in [-0.2, -0.15) is 0 Å². The Bertz CT molecular complexity index is 220. The van der Waals surface area contributed by atoms with E-state index in [-0.39, 0.29) is 18.4 Å². The summed E-state index contributed by atoms with van der Waals surface area (Å²) in [5.41, 5.74) is 0. The maximum absolute atomic E-state index is 12.2. The lowest BCUT2D eigenvalue weighted by Crippen LogP contribution is -2.50. The molecule has 1 rings (SSSR count). The highest BCUT2D eigenvalue weighted by molar-refractivity contribution is 5.85. The number of halogens is 1. The van der Waals surface area contributed by atoms with Crippen LogP contribution in [0.25, 0.3) is 0 Å². The van der Waals surface area contributed by atoms with Crippen LogP contribution in [0, 0.1) is 0 Å². The number of hydrogen-bond acceptors (Lipinski definition) is 2. The van der Waals surface area contributed by atoms with Gasteiger partial charge in [-0.15, -0.1) is 12.4 Å². The van der Waals surface area contributed by atoms with E-state index in [0.29, 0.717) is 6.04 Å². The first-order valence-corrected chi connectivity index (χ1v) is 6.43. The van der Waals surface area contributed by atoms with Crippen LogP contribution in [-0.4, -0.2) is 55.1 Å². The average Bonchev–Trinajstić information content (AvgIpc) is 2.35. The van der Waals surface area contributed by atoms with Gasteiger partial charge in [0.2, 0.25) is 0 Å². The van der Waals surface area contributed by atoms with E-state index in [9.17, 15) is 4.79 Å². The summed E-state index contributed by atoms with van der Waals surface area (Å²) in [5.74, 6) is 0. The quantitative estimate of drug-likeness (QED) is 0.842. The van der Waals surface area contributed by atoms with Crippen molar-refractivity contribution in [1.82, 2.24) is 15.1 Å². The lowest BCUT2D eigenvalue weighted by Gasteiger charge is -2.36. The van der Waals surface area contributed by atoms with Crippen molar-refractivity contribution in [2.24, 2.45) is 0 Å². The monoisotopic (exact) mass is 263 g/mol. The van der Waals surface area contributed by atoms with Gasteiger partial charge in [0.1, 0.15) is 0 Å². The van der Waals surface area contributed by atoms with E-state index in [1.54, 1.807) is 4.90 Å². The van der Waals surface area contributed by atoms with Crippen molar-refractivity contribution < 1.29 is 4.79 Å². The number of carbonyl (C=O) groups is 1. The van der Waals surface area contributed by atoms with Gasteiger partial charge in [-0.25, -0.2) is 4.79 Å². The Balaban J connectivity index is 0.00000256. The Hall–Kier alpha value is -0.480. The summed E-state index contributed by atoms with van der Waals surface area (Å²) in [6.45, 7) is 7.89. The molecule has 2 amide bonds. The van der Waals surface area contributed by atoms with Crippen LogP contribution >= 0.6 is 12.4 Å². The summed E-state index contributed by atoms with van der Waals surface area (Å²) in [6, 6.07) is 0.624.